The van der Waals surface area contributed by atoms with Gasteiger partial charge < -0.3 is 28.9 Å². The summed E-state index contributed by atoms with van der Waals surface area (Å²) in [4.78, 5) is 41.6. The number of nitrogens with zero attached hydrogens (tertiary/aromatic N) is 6. The molecule has 0 amide bonds. The number of hydrogen-bond acceptors (Lipinski definition) is 10. The molecule has 9 aromatic carbocycles. The number of aromatic nitrogens is 8. The molecule has 0 aliphatic carbocycles. The first kappa shape index (κ1) is 47.3. The van der Waals surface area contributed by atoms with Gasteiger partial charge in [0, 0.05) is 71.4 Å². The average molecular weight is 1050 g/mol. The summed E-state index contributed by atoms with van der Waals surface area (Å²) in [6.07, 6.45) is 3.07. The summed E-state index contributed by atoms with van der Waals surface area (Å²) in [6.45, 7) is 2.24. The zero-order valence-electron chi connectivity index (χ0n) is 43.2. The quantitative estimate of drug-likeness (QED) is 0.0657. The average Bonchev–Trinajstić information content (AvgIpc) is 1.18. The molecule has 0 unspecified atom stereocenters. The largest absolute Gasteiger partial charge is 0.324 e. The van der Waals surface area contributed by atoms with Crippen molar-refractivity contribution in [2.24, 2.45) is 0 Å². The molecule has 5 heterocycles. The standard InChI is InChI=1S/C66H54N12S/c1-2-3-23-44-40-42-49(43-41-44)79(75-45-24-8-4-9-25-45,76-46-26-10-5-11-27-46,77-47-28-12-6-13-29-47,78-48-30-14-7-15-31-48)57-39-22-38-56-58(57)66-73-64-55-37-21-20-36-54(55)62(71-64)69-60-51-33-17-16-32-50(51)59(67-60)68-61-52-34-18-19-35-53(52)63(70-61)72-65(56)74-66/h4-22,24-43,75-78H,2-3,23H2,1H3,(H2,67,68,69,70,71,72,73,74). The Morgan fingerprint density at radius 1 is 0.342 bits per heavy atom. The molecular weight excluding hydrogens is 993 g/mol. The summed E-state index contributed by atoms with van der Waals surface area (Å²) >= 11 is 0. The molecule has 2 aliphatic heterocycles. The van der Waals surface area contributed by atoms with Gasteiger partial charge in [0.1, 0.15) is 22.6 Å². The molecule has 3 aromatic heterocycles. The first-order chi connectivity index (χ1) is 38.9. The maximum Gasteiger partial charge on any atom is 0.164 e. The molecule has 0 radical (unpaired) electrons. The van der Waals surface area contributed by atoms with Gasteiger partial charge in [-0.3, -0.25) is 0 Å². The summed E-state index contributed by atoms with van der Waals surface area (Å²) in [6, 6.07) is 81.6. The van der Waals surface area contributed by atoms with Crippen molar-refractivity contribution in [2.45, 2.75) is 36.0 Å². The molecule has 0 saturated heterocycles. The Hall–Kier alpha value is -10.1. The second-order valence-corrected chi connectivity index (χ2v) is 24.9. The van der Waals surface area contributed by atoms with E-state index in [0.29, 0.717) is 45.9 Å². The van der Waals surface area contributed by atoms with Crippen LogP contribution in [0.15, 0.2) is 246 Å². The highest BCUT2D eigenvalue weighted by Crippen LogP contribution is 2.95. The van der Waals surface area contributed by atoms with E-state index in [2.05, 4.69) is 206 Å². The van der Waals surface area contributed by atoms with E-state index >= 15 is 0 Å². The van der Waals surface area contributed by atoms with E-state index in [1.807, 2.05) is 66.7 Å². The fourth-order valence-corrected chi connectivity index (χ4v) is 17.7. The molecule has 8 bridgehead atoms. The number of nitrogens with one attached hydrogen (secondary N) is 6. The molecule has 13 heteroatoms. The number of unbranched alkanes of at least 4 members (excludes halogenated alkanes) is 1. The summed E-state index contributed by atoms with van der Waals surface area (Å²) < 4.78 is 17.8. The minimum atomic E-state index is -5.49. The van der Waals surface area contributed by atoms with E-state index in [4.69, 9.17) is 29.9 Å². The van der Waals surface area contributed by atoms with Crippen molar-refractivity contribution in [2.75, 3.05) is 18.9 Å². The third kappa shape index (κ3) is 7.76. The van der Waals surface area contributed by atoms with Gasteiger partial charge in [0.15, 0.2) is 23.3 Å². The van der Waals surface area contributed by atoms with Crippen LogP contribution in [0.4, 0.5) is 22.7 Å². The molecule has 0 fully saturated rings. The smallest absolute Gasteiger partial charge is 0.164 e. The third-order valence-corrected chi connectivity index (χ3v) is 20.9. The van der Waals surface area contributed by atoms with E-state index in [-0.39, 0.29) is 0 Å². The van der Waals surface area contributed by atoms with Crippen LogP contribution in [0.3, 0.4) is 0 Å². The van der Waals surface area contributed by atoms with E-state index in [1.54, 1.807) is 0 Å². The highest BCUT2D eigenvalue weighted by Gasteiger charge is 2.64. The lowest BCUT2D eigenvalue weighted by molar-refractivity contribution is 0.794. The van der Waals surface area contributed by atoms with Gasteiger partial charge in [0.2, 0.25) is 0 Å². The summed E-state index contributed by atoms with van der Waals surface area (Å²) in [5.41, 5.74) is 10.3. The van der Waals surface area contributed by atoms with Crippen LogP contribution in [-0.2, 0) is 6.42 Å². The first-order valence-electron chi connectivity index (χ1n) is 26.7. The molecular formula is C66H54N12S. The Balaban J connectivity index is 1.23. The van der Waals surface area contributed by atoms with Crippen molar-refractivity contribution in [3.05, 3.63) is 242 Å². The molecule has 14 rings (SSSR count). The van der Waals surface area contributed by atoms with Gasteiger partial charge in [-0.05, 0) is 94.2 Å². The number of anilines is 4. The lowest BCUT2D eigenvalue weighted by atomic mass is 10.1. The molecule has 0 atom stereocenters. The molecule has 6 N–H and O–H groups in total. The van der Waals surface area contributed by atoms with Crippen LogP contribution >= 0.6 is 9.04 Å². The second kappa shape index (κ2) is 18.6. The predicted molar refractivity (Wildman–Crippen MR) is 325 cm³/mol. The molecule has 79 heavy (non-hydrogen) atoms. The maximum atomic E-state index is 5.73. The van der Waals surface area contributed by atoms with Gasteiger partial charge in [0.05, 0.1) is 4.90 Å². The van der Waals surface area contributed by atoms with Crippen LogP contribution < -0.4 is 18.9 Å². The van der Waals surface area contributed by atoms with Gasteiger partial charge in [-0.1, -0.05) is 183 Å². The molecule has 12 aromatic rings. The SMILES string of the molecule is CCCCc1ccc(S(Nc2ccccc2)(Nc2ccccc2)(Nc2ccccc2)(Nc2ccccc2)c2cccc3c4nc5nc(nc6[nH]c(nc7nc(nc([nH]4)c23)-c2ccccc2-7)c2ccccc62)-c2ccccc2-5)cc1. The van der Waals surface area contributed by atoms with E-state index in [0.717, 1.165) is 95.6 Å². The Morgan fingerprint density at radius 2 is 0.696 bits per heavy atom. The Labute approximate surface area is 456 Å². The molecule has 0 spiro atoms. The monoisotopic (exact) mass is 1050 g/mol. The minimum absolute atomic E-state index is 0.484. The van der Waals surface area contributed by atoms with Crippen LogP contribution in [0, 0.1) is 0 Å². The number of fused-ring (bicyclic) bond motifs is 20. The minimum Gasteiger partial charge on any atom is -0.324 e. The van der Waals surface area contributed by atoms with Gasteiger partial charge >= 0.3 is 0 Å². The highest BCUT2D eigenvalue weighted by atomic mass is 32.4. The van der Waals surface area contributed by atoms with Crippen LogP contribution in [0.2, 0.25) is 0 Å². The van der Waals surface area contributed by atoms with E-state index in [1.165, 1.54) is 5.56 Å². The number of benzene rings is 9. The maximum absolute atomic E-state index is 5.73. The van der Waals surface area contributed by atoms with Crippen molar-refractivity contribution >= 4 is 75.9 Å². The fourth-order valence-electron chi connectivity index (χ4n) is 11.4. The number of aromatic amines is 2. The van der Waals surface area contributed by atoms with E-state index < -0.39 is 9.04 Å². The fraction of sp³-hybridized carbons (Fsp3) is 0.0606. The van der Waals surface area contributed by atoms with Crippen LogP contribution in [-0.4, -0.2) is 39.9 Å². The number of aryl methyl sites for hydroxylation is 1. The lowest BCUT2D eigenvalue weighted by Crippen LogP contribution is -2.60. The topological polar surface area (TPSA) is 157 Å². The molecule has 384 valence electrons. The molecule has 12 nitrogen and oxygen atoms in total. The van der Waals surface area contributed by atoms with Crippen molar-refractivity contribution in [1.82, 2.24) is 39.9 Å². The van der Waals surface area contributed by atoms with Crippen molar-refractivity contribution in [1.29, 1.82) is 0 Å². The zero-order valence-corrected chi connectivity index (χ0v) is 44.0. The summed E-state index contributed by atoms with van der Waals surface area (Å²) in [7, 11) is -5.49. The highest BCUT2D eigenvalue weighted by molar-refractivity contribution is 8.68. The van der Waals surface area contributed by atoms with Crippen LogP contribution in [0.25, 0.3) is 89.7 Å². The summed E-state index contributed by atoms with van der Waals surface area (Å²) in [5.74, 6) is 2.04. The number of rotatable bonds is 13. The zero-order chi connectivity index (χ0) is 52.9. The predicted octanol–water partition coefficient (Wildman–Crippen LogP) is 16.6. The summed E-state index contributed by atoms with van der Waals surface area (Å²) in [5, 5.41) is 3.36. The molecule has 0 saturated carbocycles. The number of H-pyrrole nitrogens is 2. The number of hydrogen-bond donors (Lipinski definition) is 6. The van der Waals surface area contributed by atoms with Crippen LogP contribution in [0.1, 0.15) is 25.3 Å². The second-order valence-electron chi connectivity index (χ2n) is 20.1. The Morgan fingerprint density at radius 3 is 1.11 bits per heavy atom. The van der Waals surface area contributed by atoms with Gasteiger partial charge in [-0.25, -0.2) is 29.9 Å². The van der Waals surface area contributed by atoms with Gasteiger partial charge in [0.25, 0.3) is 0 Å². The lowest BCUT2D eigenvalue weighted by Gasteiger charge is -2.82. The van der Waals surface area contributed by atoms with Crippen molar-refractivity contribution < 1.29 is 0 Å². The van der Waals surface area contributed by atoms with Crippen molar-refractivity contribution in [3.63, 3.8) is 0 Å². The first-order valence-corrected chi connectivity index (χ1v) is 29.1. The van der Waals surface area contributed by atoms with Crippen molar-refractivity contribution in [3.8, 4) is 45.6 Å². The van der Waals surface area contributed by atoms with Crippen LogP contribution in [0.5, 0.6) is 0 Å². The Bertz CT molecular complexity index is 4280. The number of para-hydroxylation sites is 4. The molecule has 2 aliphatic rings. The normalized spacial score (nSPS) is 12.7. The van der Waals surface area contributed by atoms with Gasteiger partial charge in [-0.2, -0.15) is 0 Å². The third-order valence-electron chi connectivity index (χ3n) is 15.0. The van der Waals surface area contributed by atoms with E-state index in [9.17, 15) is 0 Å². The van der Waals surface area contributed by atoms with Gasteiger partial charge in [-0.15, -0.1) is 0 Å². The Kier molecular flexibility index (Phi) is 11.1.